The van der Waals surface area contributed by atoms with Gasteiger partial charge in [0.05, 0.1) is 16.8 Å². The molecule has 8 heteroatoms. The number of aryl methyl sites for hydroxylation is 2. The smallest absolute Gasteiger partial charge is 0.273 e. The van der Waals surface area contributed by atoms with Crippen LogP contribution in [-0.4, -0.2) is 30.5 Å². The number of nitrogens with zero attached hydrogens (tertiary/aromatic N) is 5. The number of halogens is 1. The quantitative estimate of drug-likeness (QED) is 0.927. The van der Waals surface area contributed by atoms with Gasteiger partial charge in [0.15, 0.2) is 5.69 Å². The Morgan fingerprint density at radius 1 is 1.55 bits per heavy atom. The molecular formula is C12H17ClN6O. The predicted octanol–water partition coefficient (Wildman–Crippen LogP) is 1.48. The zero-order chi connectivity index (χ0) is 14.9. The molecule has 0 spiro atoms. The molecule has 0 aliphatic carbocycles. The van der Waals surface area contributed by atoms with Gasteiger partial charge >= 0.3 is 0 Å². The average Bonchev–Trinajstić information content (AvgIpc) is 2.99. The molecule has 108 valence electrons. The van der Waals surface area contributed by atoms with E-state index in [4.69, 9.17) is 11.6 Å². The lowest BCUT2D eigenvalue weighted by Crippen LogP contribution is -2.29. The Morgan fingerprint density at radius 3 is 2.80 bits per heavy atom. The normalized spacial score (nSPS) is 12.4. The van der Waals surface area contributed by atoms with Crippen molar-refractivity contribution in [1.82, 2.24) is 29.9 Å². The number of rotatable bonds is 4. The first-order valence-corrected chi connectivity index (χ1v) is 6.71. The van der Waals surface area contributed by atoms with Crippen LogP contribution in [0.1, 0.15) is 41.9 Å². The highest BCUT2D eigenvalue weighted by molar-refractivity contribution is 6.34. The van der Waals surface area contributed by atoms with Crippen molar-refractivity contribution < 1.29 is 4.79 Å². The van der Waals surface area contributed by atoms with E-state index in [1.54, 1.807) is 16.4 Å². The molecule has 0 aromatic carbocycles. The van der Waals surface area contributed by atoms with Gasteiger partial charge in [0.25, 0.3) is 5.91 Å². The Balaban J connectivity index is 2.17. The topological polar surface area (TPSA) is 77.6 Å². The van der Waals surface area contributed by atoms with Crippen molar-refractivity contribution in [2.24, 2.45) is 7.05 Å². The maximum atomic E-state index is 12.2. The van der Waals surface area contributed by atoms with Crippen molar-refractivity contribution in [3.8, 4) is 0 Å². The summed E-state index contributed by atoms with van der Waals surface area (Å²) >= 11 is 6.10. The largest absolute Gasteiger partial charge is 0.341 e. The number of amides is 1. The molecule has 0 saturated heterocycles. The molecule has 1 amide bonds. The Hall–Kier alpha value is -1.89. The van der Waals surface area contributed by atoms with Crippen LogP contribution in [0.15, 0.2) is 6.33 Å². The summed E-state index contributed by atoms with van der Waals surface area (Å²) in [5.74, 6) is 0.376. The van der Waals surface area contributed by atoms with Crippen molar-refractivity contribution in [1.29, 1.82) is 0 Å². The van der Waals surface area contributed by atoms with Crippen molar-refractivity contribution in [2.45, 2.75) is 33.4 Å². The van der Waals surface area contributed by atoms with Crippen molar-refractivity contribution >= 4 is 17.5 Å². The monoisotopic (exact) mass is 296 g/mol. The van der Waals surface area contributed by atoms with Crippen LogP contribution in [0.25, 0.3) is 0 Å². The van der Waals surface area contributed by atoms with Crippen molar-refractivity contribution in [2.75, 3.05) is 0 Å². The Bertz CT molecular complexity index is 632. The van der Waals surface area contributed by atoms with Gasteiger partial charge in [0, 0.05) is 13.6 Å². The first kappa shape index (κ1) is 14.5. The summed E-state index contributed by atoms with van der Waals surface area (Å²) < 4.78 is 3.31. The van der Waals surface area contributed by atoms with E-state index in [1.807, 2.05) is 20.8 Å². The van der Waals surface area contributed by atoms with Crippen LogP contribution in [0.5, 0.6) is 0 Å². The third-order valence-corrected chi connectivity index (χ3v) is 3.61. The third-order valence-electron chi connectivity index (χ3n) is 3.16. The van der Waals surface area contributed by atoms with E-state index in [2.05, 4.69) is 20.5 Å². The number of hydrogen-bond acceptors (Lipinski definition) is 4. The molecule has 0 aliphatic heterocycles. The number of aromatic nitrogens is 5. The van der Waals surface area contributed by atoms with Gasteiger partial charge in [-0.05, 0) is 20.8 Å². The third kappa shape index (κ3) is 2.53. The lowest BCUT2D eigenvalue weighted by atomic mass is 10.2. The molecule has 2 heterocycles. The Labute approximate surface area is 121 Å². The molecule has 0 radical (unpaired) electrons. The van der Waals surface area contributed by atoms with Gasteiger partial charge in [-0.1, -0.05) is 11.6 Å². The van der Waals surface area contributed by atoms with Crippen LogP contribution in [0.3, 0.4) is 0 Å². The van der Waals surface area contributed by atoms with Crippen LogP contribution in [-0.2, 0) is 13.6 Å². The molecule has 1 N–H and O–H groups in total. The minimum atomic E-state index is -0.322. The Morgan fingerprint density at radius 2 is 2.25 bits per heavy atom. The maximum Gasteiger partial charge on any atom is 0.273 e. The molecule has 0 saturated carbocycles. The van der Waals surface area contributed by atoms with Crippen LogP contribution in [0.4, 0.5) is 0 Å². The molecule has 2 rings (SSSR count). The van der Waals surface area contributed by atoms with Crippen LogP contribution in [0, 0.1) is 6.92 Å². The highest BCUT2D eigenvalue weighted by atomic mass is 35.5. The lowest BCUT2D eigenvalue weighted by molar-refractivity contribution is 0.0932. The van der Waals surface area contributed by atoms with Crippen LogP contribution < -0.4 is 5.32 Å². The van der Waals surface area contributed by atoms with E-state index in [0.717, 1.165) is 5.69 Å². The number of hydrogen-bond donors (Lipinski definition) is 1. The summed E-state index contributed by atoms with van der Waals surface area (Å²) in [6, 6.07) is -0.275. The van der Waals surface area contributed by atoms with Gasteiger partial charge in [-0.3, -0.25) is 9.48 Å². The van der Waals surface area contributed by atoms with E-state index in [9.17, 15) is 4.79 Å². The summed E-state index contributed by atoms with van der Waals surface area (Å²) in [7, 11) is 1.75. The fraction of sp³-hybridized carbons (Fsp3) is 0.500. The van der Waals surface area contributed by atoms with Crippen LogP contribution in [0.2, 0.25) is 5.02 Å². The van der Waals surface area contributed by atoms with E-state index >= 15 is 0 Å². The summed E-state index contributed by atoms with van der Waals surface area (Å²) in [6.07, 6.45) is 1.47. The summed E-state index contributed by atoms with van der Waals surface area (Å²) in [4.78, 5) is 16.4. The second kappa shape index (κ2) is 5.62. The fourth-order valence-electron chi connectivity index (χ4n) is 1.91. The molecule has 2 aromatic heterocycles. The van der Waals surface area contributed by atoms with E-state index in [1.165, 1.54) is 6.33 Å². The standard InChI is InChI=1S/C12H17ClN6O/c1-5-19-11(14-6-15-19)7(2)16-12(20)10-9(13)8(3)18(4)17-10/h6-7H,5H2,1-4H3,(H,16,20)/t7-/m1/s1. The molecule has 0 unspecified atom stereocenters. The fourth-order valence-corrected chi connectivity index (χ4v) is 2.15. The summed E-state index contributed by atoms with van der Waals surface area (Å²) in [5.41, 5.74) is 0.974. The van der Waals surface area contributed by atoms with Gasteiger partial charge < -0.3 is 5.32 Å². The average molecular weight is 297 g/mol. The highest BCUT2D eigenvalue weighted by Crippen LogP contribution is 2.20. The van der Waals surface area contributed by atoms with E-state index in [-0.39, 0.29) is 17.6 Å². The van der Waals surface area contributed by atoms with Gasteiger partial charge in [-0.2, -0.15) is 10.2 Å². The van der Waals surface area contributed by atoms with E-state index < -0.39 is 0 Å². The number of carbonyl (C=O) groups excluding carboxylic acids is 1. The molecule has 20 heavy (non-hydrogen) atoms. The second-order valence-corrected chi connectivity index (χ2v) is 4.88. The first-order valence-electron chi connectivity index (χ1n) is 6.33. The molecule has 1 atom stereocenters. The molecule has 7 nitrogen and oxygen atoms in total. The van der Waals surface area contributed by atoms with Gasteiger partial charge in [-0.25, -0.2) is 9.67 Å². The van der Waals surface area contributed by atoms with E-state index in [0.29, 0.717) is 17.4 Å². The SMILES string of the molecule is CCn1ncnc1[C@@H](C)NC(=O)c1nn(C)c(C)c1Cl. The molecular weight excluding hydrogens is 280 g/mol. The summed E-state index contributed by atoms with van der Waals surface area (Å²) in [6.45, 7) is 6.31. The van der Waals surface area contributed by atoms with Crippen molar-refractivity contribution in [3.63, 3.8) is 0 Å². The maximum absolute atomic E-state index is 12.2. The van der Waals surface area contributed by atoms with Gasteiger partial charge in [-0.15, -0.1) is 0 Å². The van der Waals surface area contributed by atoms with Gasteiger partial charge in [0.1, 0.15) is 12.2 Å². The predicted molar refractivity (Wildman–Crippen MR) is 74.5 cm³/mol. The molecule has 0 fully saturated rings. The minimum Gasteiger partial charge on any atom is -0.341 e. The number of carbonyl (C=O) groups is 1. The number of nitrogens with one attached hydrogen (secondary N) is 1. The molecule has 2 aromatic rings. The first-order chi connectivity index (χ1) is 9.45. The zero-order valence-electron chi connectivity index (χ0n) is 11.9. The van der Waals surface area contributed by atoms with Crippen molar-refractivity contribution in [3.05, 3.63) is 28.6 Å². The lowest BCUT2D eigenvalue weighted by Gasteiger charge is -2.13. The van der Waals surface area contributed by atoms with Gasteiger partial charge in [0.2, 0.25) is 0 Å². The second-order valence-electron chi connectivity index (χ2n) is 4.50. The molecule has 0 bridgehead atoms. The molecule has 0 aliphatic rings. The Kier molecular flexibility index (Phi) is 4.08. The summed E-state index contributed by atoms with van der Waals surface area (Å²) in [5, 5.41) is 11.4. The van der Waals surface area contributed by atoms with Crippen LogP contribution >= 0.6 is 11.6 Å². The zero-order valence-corrected chi connectivity index (χ0v) is 12.6. The highest BCUT2D eigenvalue weighted by Gasteiger charge is 2.21. The minimum absolute atomic E-state index is 0.223.